The van der Waals surface area contributed by atoms with Crippen LogP contribution in [0.3, 0.4) is 0 Å². The Morgan fingerprint density at radius 3 is 2.22 bits per heavy atom. The Balaban J connectivity index is 1.50. The minimum Gasteiger partial charge on any atom is -0.481 e. The van der Waals surface area contributed by atoms with Crippen LogP contribution in [-0.4, -0.2) is 42.3 Å². The molecule has 3 rings (SSSR count). The second kappa shape index (κ2) is 10.6. The van der Waals surface area contributed by atoms with E-state index >= 15 is 0 Å². The van der Waals surface area contributed by atoms with Gasteiger partial charge in [-0.05, 0) is 35.6 Å². The lowest BCUT2D eigenvalue weighted by Crippen LogP contribution is -2.36. The predicted octanol–water partition coefficient (Wildman–Crippen LogP) is 3.84. The fraction of sp³-hybridized carbons (Fsp3) is 0.320. The van der Waals surface area contributed by atoms with Crippen LogP contribution in [0.4, 0.5) is 4.79 Å². The predicted molar refractivity (Wildman–Crippen MR) is 121 cm³/mol. The summed E-state index contributed by atoms with van der Waals surface area (Å²) in [5, 5.41) is 14.2. The Morgan fingerprint density at radius 2 is 1.66 bits per heavy atom. The molecule has 0 saturated carbocycles. The van der Waals surface area contributed by atoms with Gasteiger partial charge in [-0.3, -0.25) is 9.59 Å². The zero-order chi connectivity index (χ0) is 23.1. The molecule has 1 atom stereocenters. The molecule has 0 radical (unpaired) electrons. The van der Waals surface area contributed by atoms with Crippen molar-refractivity contribution >= 4 is 18.0 Å². The number of hydrogen-bond acceptors (Lipinski definition) is 4. The number of amides is 2. The van der Waals surface area contributed by atoms with E-state index in [1.807, 2.05) is 31.2 Å². The molecule has 1 aliphatic rings. The van der Waals surface area contributed by atoms with E-state index < -0.39 is 18.1 Å². The second-order valence-electron chi connectivity index (χ2n) is 7.77. The topological polar surface area (TPSA) is 105 Å². The van der Waals surface area contributed by atoms with Crippen LogP contribution in [0.25, 0.3) is 11.1 Å². The van der Waals surface area contributed by atoms with Gasteiger partial charge in [-0.2, -0.15) is 0 Å². The first-order valence-corrected chi connectivity index (χ1v) is 10.7. The standard InChI is InChI=1S/C25H28N2O5/c1-3-17(14-23(28)29)27-24(30)16(2)12-13-26-25(31)32-15-22-20-10-6-4-8-18(20)19-9-5-7-11-21(19)22/h4-12,17,22H,3,13-15H2,1-2H3,(H,26,31)(H,27,30)(H,28,29)/b16-12+/t17-/m0/s1. The number of aliphatic carboxylic acids is 1. The largest absolute Gasteiger partial charge is 0.481 e. The summed E-state index contributed by atoms with van der Waals surface area (Å²) < 4.78 is 5.46. The number of carboxylic acids is 1. The van der Waals surface area contributed by atoms with Crippen LogP contribution in [0.2, 0.25) is 0 Å². The minimum absolute atomic E-state index is 0.0172. The van der Waals surface area contributed by atoms with Gasteiger partial charge in [-0.1, -0.05) is 61.5 Å². The van der Waals surface area contributed by atoms with Crippen LogP contribution in [0, 0.1) is 0 Å². The lowest BCUT2D eigenvalue weighted by Gasteiger charge is -2.15. The minimum atomic E-state index is -0.962. The van der Waals surface area contributed by atoms with Crippen LogP contribution in [0.5, 0.6) is 0 Å². The molecule has 0 heterocycles. The van der Waals surface area contributed by atoms with E-state index in [4.69, 9.17) is 9.84 Å². The van der Waals surface area contributed by atoms with E-state index in [9.17, 15) is 14.4 Å². The quantitative estimate of drug-likeness (QED) is 0.518. The molecule has 7 heteroatoms. The molecule has 2 amide bonds. The maximum atomic E-state index is 12.2. The fourth-order valence-corrected chi connectivity index (χ4v) is 3.84. The summed E-state index contributed by atoms with van der Waals surface area (Å²) in [5.41, 5.74) is 5.00. The lowest BCUT2D eigenvalue weighted by molar-refractivity contribution is -0.137. The summed E-state index contributed by atoms with van der Waals surface area (Å²) in [6.45, 7) is 3.77. The van der Waals surface area contributed by atoms with Gasteiger partial charge in [0.25, 0.3) is 0 Å². The van der Waals surface area contributed by atoms with Crippen LogP contribution in [0.15, 0.2) is 60.2 Å². The number of benzene rings is 2. The van der Waals surface area contributed by atoms with Gasteiger partial charge < -0.3 is 20.5 Å². The molecule has 32 heavy (non-hydrogen) atoms. The monoisotopic (exact) mass is 436 g/mol. The fourth-order valence-electron chi connectivity index (χ4n) is 3.84. The third-order valence-corrected chi connectivity index (χ3v) is 5.61. The van der Waals surface area contributed by atoms with Crippen molar-refractivity contribution in [2.45, 2.75) is 38.6 Å². The van der Waals surface area contributed by atoms with E-state index in [1.165, 1.54) is 0 Å². The van der Waals surface area contributed by atoms with Crippen molar-refractivity contribution in [2.75, 3.05) is 13.2 Å². The van der Waals surface area contributed by atoms with Crippen molar-refractivity contribution in [1.29, 1.82) is 0 Å². The molecule has 1 aliphatic carbocycles. The zero-order valence-corrected chi connectivity index (χ0v) is 18.3. The molecule has 0 aliphatic heterocycles. The van der Waals surface area contributed by atoms with Gasteiger partial charge in [-0.15, -0.1) is 0 Å². The van der Waals surface area contributed by atoms with Crippen LogP contribution in [-0.2, 0) is 14.3 Å². The maximum absolute atomic E-state index is 12.2. The van der Waals surface area contributed by atoms with Crippen LogP contribution < -0.4 is 10.6 Å². The Kier molecular flexibility index (Phi) is 7.65. The molecule has 2 aromatic carbocycles. The van der Waals surface area contributed by atoms with E-state index in [1.54, 1.807) is 13.0 Å². The first-order valence-electron chi connectivity index (χ1n) is 10.7. The average molecular weight is 437 g/mol. The van der Waals surface area contributed by atoms with Crippen molar-refractivity contribution in [3.05, 3.63) is 71.3 Å². The summed E-state index contributed by atoms with van der Waals surface area (Å²) >= 11 is 0. The summed E-state index contributed by atoms with van der Waals surface area (Å²) in [7, 11) is 0. The molecule has 0 unspecified atom stereocenters. The summed E-state index contributed by atoms with van der Waals surface area (Å²) in [6, 6.07) is 15.8. The Bertz CT molecular complexity index is 985. The number of carbonyl (C=O) groups excluding carboxylic acids is 2. The third kappa shape index (κ3) is 5.55. The Hall–Kier alpha value is -3.61. The van der Waals surface area contributed by atoms with E-state index in [-0.39, 0.29) is 31.4 Å². The highest BCUT2D eigenvalue weighted by atomic mass is 16.5. The van der Waals surface area contributed by atoms with E-state index in [2.05, 4.69) is 34.9 Å². The molecular weight excluding hydrogens is 408 g/mol. The number of rotatable bonds is 9. The smallest absolute Gasteiger partial charge is 0.407 e. The molecule has 2 aromatic rings. The maximum Gasteiger partial charge on any atom is 0.407 e. The van der Waals surface area contributed by atoms with Crippen molar-refractivity contribution in [3.63, 3.8) is 0 Å². The zero-order valence-electron chi connectivity index (χ0n) is 18.3. The Morgan fingerprint density at radius 1 is 1.06 bits per heavy atom. The summed E-state index contributed by atoms with van der Waals surface area (Å²) in [4.78, 5) is 35.2. The summed E-state index contributed by atoms with van der Waals surface area (Å²) in [6.07, 6.45) is 1.40. The number of carboxylic acid groups (broad SMARTS) is 1. The van der Waals surface area contributed by atoms with E-state index in [0.29, 0.717) is 12.0 Å². The molecular formula is C25H28N2O5. The molecule has 7 nitrogen and oxygen atoms in total. The van der Waals surface area contributed by atoms with Gasteiger partial charge >= 0.3 is 12.1 Å². The highest BCUT2D eigenvalue weighted by Gasteiger charge is 2.28. The number of carbonyl (C=O) groups is 3. The number of hydrogen-bond donors (Lipinski definition) is 3. The van der Waals surface area contributed by atoms with Gasteiger partial charge in [-0.25, -0.2) is 4.79 Å². The van der Waals surface area contributed by atoms with Gasteiger partial charge in [0.15, 0.2) is 0 Å². The van der Waals surface area contributed by atoms with Gasteiger partial charge in [0, 0.05) is 24.1 Å². The van der Waals surface area contributed by atoms with Crippen molar-refractivity contribution < 1.29 is 24.2 Å². The highest BCUT2D eigenvalue weighted by molar-refractivity contribution is 5.93. The molecule has 0 aromatic heterocycles. The molecule has 0 spiro atoms. The lowest BCUT2D eigenvalue weighted by atomic mass is 9.98. The van der Waals surface area contributed by atoms with Crippen LogP contribution in [0.1, 0.15) is 43.7 Å². The number of ether oxygens (including phenoxy) is 1. The molecule has 168 valence electrons. The average Bonchev–Trinajstić information content (AvgIpc) is 3.10. The SMILES string of the molecule is CC[C@@H](CC(=O)O)NC(=O)/C(C)=C/CNC(=O)OCC1c2ccccc2-c2ccccc21. The van der Waals surface area contributed by atoms with E-state index in [0.717, 1.165) is 22.3 Å². The third-order valence-electron chi connectivity index (χ3n) is 5.61. The van der Waals surface area contributed by atoms with Gasteiger partial charge in [0.1, 0.15) is 6.61 Å². The molecule has 3 N–H and O–H groups in total. The highest BCUT2D eigenvalue weighted by Crippen LogP contribution is 2.44. The first kappa shape index (κ1) is 23.1. The number of fused-ring (bicyclic) bond motifs is 3. The van der Waals surface area contributed by atoms with Gasteiger partial charge in [0.2, 0.25) is 5.91 Å². The van der Waals surface area contributed by atoms with Crippen molar-refractivity contribution in [1.82, 2.24) is 10.6 Å². The summed E-state index contributed by atoms with van der Waals surface area (Å²) in [5.74, 6) is -1.33. The molecule has 0 fully saturated rings. The normalized spacial score (nSPS) is 13.6. The number of nitrogens with one attached hydrogen (secondary N) is 2. The Labute approximate surface area is 187 Å². The second-order valence-corrected chi connectivity index (χ2v) is 7.77. The molecule has 0 saturated heterocycles. The van der Waals surface area contributed by atoms with Crippen molar-refractivity contribution in [3.8, 4) is 11.1 Å². The molecule has 0 bridgehead atoms. The first-order chi connectivity index (χ1) is 15.4. The van der Waals surface area contributed by atoms with Gasteiger partial charge in [0.05, 0.1) is 6.42 Å². The number of alkyl carbamates (subject to hydrolysis) is 1. The van der Waals surface area contributed by atoms with Crippen LogP contribution >= 0.6 is 0 Å². The van der Waals surface area contributed by atoms with Crippen molar-refractivity contribution in [2.24, 2.45) is 0 Å².